The maximum absolute atomic E-state index is 12.6. The third kappa shape index (κ3) is 5.47. The first kappa shape index (κ1) is 22.7. The number of rotatable bonds is 7. The van der Waals surface area contributed by atoms with Gasteiger partial charge in [0.25, 0.3) is 5.91 Å². The molecule has 4 rings (SSSR count). The molecule has 0 spiro atoms. The number of carbonyl (C=O) groups excluding carboxylic acids is 2. The van der Waals surface area contributed by atoms with Gasteiger partial charge in [-0.1, -0.05) is 42.5 Å². The summed E-state index contributed by atoms with van der Waals surface area (Å²) in [6.45, 7) is 0.607. The quantitative estimate of drug-likeness (QED) is 0.535. The van der Waals surface area contributed by atoms with E-state index in [2.05, 4.69) is 5.32 Å². The third-order valence-corrected chi connectivity index (χ3v) is 7.32. The van der Waals surface area contributed by atoms with Gasteiger partial charge in [0.15, 0.2) is 6.61 Å². The average molecular weight is 465 g/mol. The topological polar surface area (TPSA) is 92.8 Å². The minimum Gasteiger partial charge on any atom is -0.452 e. The van der Waals surface area contributed by atoms with Crippen LogP contribution >= 0.6 is 0 Å². The number of sulfonamides is 1. The molecule has 1 N–H and O–H groups in total. The van der Waals surface area contributed by atoms with Gasteiger partial charge in [0.2, 0.25) is 10.0 Å². The van der Waals surface area contributed by atoms with Crippen LogP contribution in [0.5, 0.6) is 0 Å². The molecular formula is C25H24N2O5S. The zero-order valence-electron chi connectivity index (χ0n) is 17.9. The second-order valence-electron chi connectivity index (χ2n) is 7.70. The van der Waals surface area contributed by atoms with E-state index in [-0.39, 0.29) is 4.90 Å². The van der Waals surface area contributed by atoms with Gasteiger partial charge in [-0.25, -0.2) is 13.2 Å². The molecule has 3 aromatic carbocycles. The molecule has 170 valence electrons. The lowest BCUT2D eigenvalue weighted by molar-refractivity contribution is -0.119. The summed E-state index contributed by atoms with van der Waals surface area (Å²) in [5, 5.41) is 2.60. The van der Waals surface area contributed by atoms with E-state index in [1.54, 1.807) is 12.1 Å². The van der Waals surface area contributed by atoms with Crippen molar-refractivity contribution in [3.63, 3.8) is 0 Å². The van der Waals surface area contributed by atoms with Gasteiger partial charge < -0.3 is 10.1 Å². The number of esters is 1. The number of hydrogen-bond acceptors (Lipinski definition) is 5. The van der Waals surface area contributed by atoms with Crippen LogP contribution in [0.1, 0.15) is 23.2 Å². The largest absolute Gasteiger partial charge is 0.452 e. The van der Waals surface area contributed by atoms with Gasteiger partial charge >= 0.3 is 5.97 Å². The first-order valence-corrected chi connectivity index (χ1v) is 12.1. The number of benzene rings is 3. The highest BCUT2D eigenvalue weighted by Gasteiger charge is 2.26. The van der Waals surface area contributed by atoms with Crippen LogP contribution in [0.2, 0.25) is 0 Å². The van der Waals surface area contributed by atoms with Crippen LogP contribution in [-0.2, 0) is 19.6 Å². The van der Waals surface area contributed by atoms with Gasteiger partial charge in [-0.3, -0.25) is 4.79 Å². The smallest absolute Gasteiger partial charge is 0.338 e. The standard InChI is InChI=1S/C25H24N2O5S/c28-24(26-22-12-14-23(15-13-22)33(30,31)27-16-4-5-17-27)18-32-25(29)21-10-8-20(9-11-21)19-6-2-1-3-7-19/h1-3,6-15H,4-5,16-18H2,(H,26,28). The van der Waals surface area contributed by atoms with Crippen molar-refractivity contribution in [2.75, 3.05) is 25.0 Å². The van der Waals surface area contributed by atoms with Gasteiger partial charge in [-0.15, -0.1) is 0 Å². The van der Waals surface area contributed by atoms with E-state index in [4.69, 9.17) is 4.74 Å². The van der Waals surface area contributed by atoms with Crippen LogP contribution in [-0.4, -0.2) is 44.3 Å². The monoisotopic (exact) mass is 464 g/mol. The molecule has 33 heavy (non-hydrogen) atoms. The maximum atomic E-state index is 12.6. The maximum Gasteiger partial charge on any atom is 0.338 e. The highest BCUT2D eigenvalue weighted by Crippen LogP contribution is 2.22. The number of hydrogen-bond donors (Lipinski definition) is 1. The minimum absolute atomic E-state index is 0.188. The van der Waals surface area contributed by atoms with E-state index in [1.165, 1.54) is 28.6 Å². The Hall–Kier alpha value is -3.49. The molecule has 0 aromatic heterocycles. The minimum atomic E-state index is -3.51. The molecule has 8 heteroatoms. The van der Waals surface area contributed by atoms with Crippen molar-refractivity contribution < 1.29 is 22.7 Å². The zero-order chi connectivity index (χ0) is 23.3. The van der Waals surface area contributed by atoms with E-state index in [0.29, 0.717) is 24.3 Å². The molecule has 1 heterocycles. The second kappa shape index (κ2) is 9.97. The van der Waals surface area contributed by atoms with Crippen LogP contribution in [0, 0.1) is 0 Å². The Kier molecular flexibility index (Phi) is 6.86. The Morgan fingerprint density at radius 2 is 1.42 bits per heavy atom. The van der Waals surface area contributed by atoms with Crippen molar-refractivity contribution in [2.45, 2.75) is 17.7 Å². The molecule has 0 bridgehead atoms. The number of ether oxygens (including phenoxy) is 1. The first-order valence-electron chi connectivity index (χ1n) is 10.7. The number of nitrogens with one attached hydrogen (secondary N) is 1. The lowest BCUT2D eigenvalue weighted by Gasteiger charge is -2.15. The van der Waals surface area contributed by atoms with Crippen molar-refractivity contribution in [1.82, 2.24) is 4.31 Å². The molecule has 1 aliphatic heterocycles. The number of carbonyl (C=O) groups is 2. The molecular weight excluding hydrogens is 440 g/mol. The van der Waals surface area contributed by atoms with Crippen LogP contribution in [0.25, 0.3) is 11.1 Å². The normalized spacial score (nSPS) is 14.1. The predicted octanol–water partition coefficient (Wildman–Crippen LogP) is 3.93. The lowest BCUT2D eigenvalue weighted by Crippen LogP contribution is -2.27. The molecule has 0 saturated carbocycles. The van der Waals surface area contributed by atoms with E-state index >= 15 is 0 Å². The predicted molar refractivity (Wildman–Crippen MR) is 125 cm³/mol. The summed E-state index contributed by atoms with van der Waals surface area (Å²) in [5.74, 6) is -1.11. The molecule has 0 atom stereocenters. The summed E-state index contributed by atoms with van der Waals surface area (Å²) in [4.78, 5) is 24.6. The first-order chi connectivity index (χ1) is 15.9. The highest BCUT2D eigenvalue weighted by molar-refractivity contribution is 7.89. The Balaban J connectivity index is 1.29. The SMILES string of the molecule is O=C(COC(=O)c1ccc(-c2ccccc2)cc1)Nc1ccc(S(=O)(=O)N2CCCC2)cc1. The van der Waals surface area contributed by atoms with Gasteiger partial charge in [0.05, 0.1) is 10.5 Å². The van der Waals surface area contributed by atoms with Crippen molar-refractivity contribution in [1.29, 1.82) is 0 Å². The van der Waals surface area contributed by atoms with E-state index in [9.17, 15) is 18.0 Å². The van der Waals surface area contributed by atoms with Crippen molar-refractivity contribution in [2.24, 2.45) is 0 Å². The fraction of sp³-hybridized carbons (Fsp3) is 0.200. The Morgan fingerprint density at radius 3 is 2.06 bits per heavy atom. The summed E-state index contributed by atoms with van der Waals surface area (Å²) in [7, 11) is -3.51. The Morgan fingerprint density at radius 1 is 0.818 bits per heavy atom. The van der Waals surface area contributed by atoms with Crippen molar-refractivity contribution >= 4 is 27.6 Å². The number of nitrogens with zero attached hydrogens (tertiary/aromatic N) is 1. The Labute approximate surface area is 193 Å². The second-order valence-corrected chi connectivity index (χ2v) is 9.64. The van der Waals surface area contributed by atoms with E-state index in [1.807, 2.05) is 42.5 Å². The van der Waals surface area contributed by atoms with Gasteiger partial charge in [0.1, 0.15) is 0 Å². The molecule has 0 radical (unpaired) electrons. The molecule has 3 aromatic rings. The third-order valence-electron chi connectivity index (χ3n) is 5.40. The summed E-state index contributed by atoms with van der Waals surface area (Å²) >= 11 is 0. The van der Waals surface area contributed by atoms with Crippen LogP contribution in [0.3, 0.4) is 0 Å². The number of amides is 1. The molecule has 1 saturated heterocycles. The van der Waals surface area contributed by atoms with Crippen LogP contribution in [0.4, 0.5) is 5.69 Å². The van der Waals surface area contributed by atoms with Crippen molar-refractivity contribution in [3.05, 3.63) is 84.4 Å². The van der Waals surface area contributed by atoms with Crippen LogP contribution in [0.15, 0.2) is 83.8 Å². The average Bonchev–Trinajstić information content (AvgIpc) is 3.40. The highest BCUT2D eigenvalue weighted by atomic mass is 32.2. The molecule has 7 nitrogen and oxygen atoms in total. The summed E-state index contributed by atoms with van der Waals surface area (Å²) < 4.78 is 31.7. The molecule has 0 unspecified atom stereocenters. The lowest BCUT2D eigenvalue weighted by atomic mass is 10.0. The van der Waals surface area contributed by atoms with Crippen molar-refractivity contribution in [3.8, 4) is 11.1 Å². The van der Waals surface area contributed by atoms with E-state index in [0.717, 1.165) is 24.0 Å². The molecule has 1 amide bonds. The molecule has 1 aliphatic rings. The summed E-state index contributed by atoms with van der Waals surface area (Å²) in [5.41, 5.74) is 2.78. The fourth-order valence-electron chi connectivity index (χ4n) is 3.63. The fourth-order valence-corrected chi connectivity index (χ4v) is 5.15. The van der Waals surface area contributed by atoms with Gasteiger partial charge in [-0.2, -0.15) is 4.31 Å². The van der Waals surface area contributed by atoms with E-state index < -0.39 is 28.5 Å². The van der Waals surface area contributed by atoms with Crippen LogP contribution < -0.4 is 5.32 Å². The summed E-state index contributed by atoms with van der Waals surface area (Å²) in [6.07, 6.45) is 1.73. The zero-order valence-corrected chi connectivity index (χ0v) is 18.8. The summed E-state index contributed by atoms with van der Waals surface area (Å²) in [6, 6.07) is 22.7. The molecule has 1 fully saturated rings. The molecule has 0 aliphatic carbocycles. The Bertz CT molecular complexity index is 1220. The van der Waals surface area contributed by atoms with Gasteiger partial charge in [0, 0.05) is 18.8 Å². The van der Waals surface area contributed by atoms with Gasteiger partial charge in [-0.05, 0) is 60.4 Å². The number of anilines is 1.